The first-order chi connectivity index (χ1) is 31.0. The highest BCUT2D eigenvalue weighted by atomic mass is 28.3. The van der Waals surface area contributed by atoms with Crippen molar-refractivity contribution in [1.82, 2.24) is 38.9 Å². The summed E-state index contributed by atoms with van der Waals surface area (Å²) in [5, 5.41) is 0.899. The molecule has 0 N–H and O–H groups in total. The Balaban J connectivity index is 1.14. The lowest BCUT2D eigenvalue weighted by atomic mass is 10.1. The Labute approximate surface area is 393 Å². The van der Waals surface area contributed by atoms with Crippen LogP contribution in [-0.2, 0) is 32.4 Å². The molecule has 2 atom stereocenters. The predicted molar refractivity (Wildman–Crippen MR) is 265 cm³/mol. The van der Waals surface area contributed by atoms with Gasteiger partial charge >= 0.3 is 12.2 Å². The largest absolute Gasteiger partial charge is 0.444 e. The third kappa shape index (κ3) is 12.3. The fourth-order valence-electron chi connectivity index (χ4n) is 8.38. The summed E-state index contributed by atoms with van der Waals surface area (Å²) in [7, 11) is -2.61. The predicted octanol–water partition coefficient (Wildman–Crippen LogP) is 11.8. The highest BCUT2D eigenvalue weighted by molar-refractivity contribution is 6.76. The first-order valence-electron chi connectivity index (χ1n) is 23.7. The van der Waals surface area contributed by atoms with Crippen molar-refractivity contribution in [2.45, 2.75) is 155 Å². The van der Waals surface area contributed by atoms with E-state index in [2.05, 4.69) is 72.7 Å². The minimum Gasteiger partial charge on any atom is -0.444 e. The number of carbonyl (C=O) groups is 2. The molecule has 5 aromatic rings. The number of amides is 2. The summed E-state index contributed by atoms with van der Waals surface area (Å²) in [6, 6.07) is 16.1. The van der Waals surface area contributed by atoms with Crippen LogP contribution in [0.4, 0.5) is 9.59 Å². The monoisotopic (exact) mass is 937 g/mol. The third-order valence-electron chi connectivity index (χ3n) is 11.9. The van der Waals surface area contributed by atoms with Gasteiger partial charge in [-0.2, -0.15) is 0 Å². The van der Waals surface area contributed by atoms with Crippen molar-refractivity contribution >= 4 is 39.2 Å². The number of likely N-dealkylation sites (tertiary alicyclic amines) is 2. The average Bonchev–Trinajstić information content (AvgIpc) is 4.05. The number of rotatable bonds is 15. The maximum Gasteiger partial charge on any atom is 0.410 e. The Morgan fingerprint density at radius 3 is 1.55 bits per heavy atom. The Bertz CT molecular complexity index is 2480. The molecule has 0 unspecified atom stereocenters. The first-order valence-corrected chi connectivity index (χ1v) is 31.1. The molecule has 0 spiro atoms. The molecule has 7 rings (SSSR count). The van der Waals surface area contributed by atoms with E-state index in [1.807, 2.05) is 88.1 Å². The lowest BCUT2D eigenvalue weighted by Crippen LogP contribution is -2.37. The van der Waals surface area contributed by atoms with Crippen molar-refractivity contribution in [2.75, 3.05) is 26.3 Å². The standard InChI is InChI=1S/C50H72N8O6Si2/c1-49(2,3)63-47(59)55-23-13-15-40(55)45-52-31-42(57(45)33-61-25-27-65(7,8)9)35-17-19-36(20-18-35)44-51-30-38-29-37(21-22-39(38)54-44)43-32-53-46(58(43)34-62-26-28-66(10,11)12)41-16-14-24-56(41)48(60)64-50(4,5)6/h17-22,29-32,40-41H,13-16,23-28,33-34H2,1-12H3/t40-,41-/m0/s1. The van der Waals surface area contributed by atoms with Gasteiger partial charge in [-0.3, -0.25) is 9.80 Å². The molecule has 2 aliphatic heterocycles. The van der Waals surface area contributed by atoms with Gasteiger partial charge in [-0.05, 0) is 97.0 Å². The lowest BCUT2D eigenvalue weighted by molar-refractivity contribution is 0.0195. The minimum absolute atomic E-state index is 0.211. The minimum atomic E-state index is -1.31. The number of benzene rings is 2. The van der Waals surface area contributed by atoms with Crippen molar-refractivity contribution in [3.05, 3.63) is 72.7 Å². The molecule has 2 fully saturated rings. The third-order valence-corrected chi connectivity index (χ3v) is 15.3. The molecule has 14 nitrogen and oxygen atoms in total. The van der Waals surface area contributed by atoms with Crippen LogP contribution in [0.1, 0.15) is 91.0 Å². The van der Waals surface area contributed by atoms with Gasteiger partial charge in [-0.1, -0.05) is 69.6 Å². The Kier molecular flexibility index (Phi) is 14.7. The van der Waals surface area contributed by atoms with E-state index in [0.29, 0.717) is 45.6 Å². The summed E-state index contributed by atoms with van der Waals surface area (Å²) < 4.78 is 28.5. The van der Waals surface area contributed by atoms with Gasteiger partial charge in [-0.25, -0.2) is 29.5 Å². The van der Waals surface area contributed by atoms with Gasteiger partial charge < -0.3 is 28.1 Å². The molecular formula is C50H72N8O6Si2. The van der Waals surface area contributed by atoms with Gasteiger partial charge in [0.2, 0.25) is 0 Å². The van der Waals surface area contributed by atoms with Gasteiger partial charge in [0.1, 0.15) is 36.3 Å². The number of nitrogens with zero attached hydrogens (tertiary/aromatic N) is 8. The molecule has 0 aliphatic carbocycles. The second-order valence-corrected chi connectivity index (χ2v) is 33.5. The Hall–Kier alpha value is -4.91. The number of hydrogen-bond donors (Lipinski definition) is 0. The molecule has 16 heteroatoms. The van der Waals surface area contributed by atoms with Crippen molar-refractivity contribution < 1.29 is 28.5 Å². The second-order valence-electron chi connectivity index (χ2n) is 22.3. The summed E-state index contributed by atoms with van der Waals surface area (Å²) in [6.45, 7) is 28.7. The zero-order valence-electron chi connectivity index (χ0n) is 41.4. The number of fused-ring (bicyclic) bond motifs is 1. The van der Waals surface area contributed by atoms with Crippen LogP contribution in [0.5, 0.6) is 0 Å². The van der Waals surface area contributed by atoms with Crippen molar-refractivity contribution in [1.29, 1.82) is 0 Å². The van der Waals surface area contributed by atoms with Gasteiger partial charge in [0.25, 0.3) is 0 Å². The van der Waals surface area contributed by atoms with Crippen LogP contribution in [0.25, 0.3) is 44.8 Å². The van der Waals surface area contributed by atoms with Crippen molar-refractivity contribution in [3.8, 4) is 33.9 Å². The zero-order chi connectivity index (χ0) is 47.6. The molecule has 66 heavy (non-hydrogen) atoms. The van der Waals surface area contributed by atoms with Gasteiger partial charge in [-0.15, -0.1) is 0 Å². The highest BCUT2D eigenvalue weighted by Gasteiger charge is 2.38. The number of carbonyl (C=O) groups excluding carboxylic acids is 2. The van der Waals surface area contributed by atoms with E-state index in [9.17, 15) is 9.59 Å². The molecule has 2 amide bonds. The van der Waals surface area contributed by atoms with E-state index >= 15 is 0 Å². The number of aromatic nitrogens is 6. The summed E-state index contributed by atoms with van der Waals surface area (Å²) in [6.07, 6.45) is 8.37. The summed E-state index contributed by atoms with van der Waals surface area (Å²) >= 11 is 0. The topological polar surface area (TPSA) is 139 Å². The second kappa shape index (κ2) is 19.7. The number of ether oxygens (including phenoxy) is 4. The molecule has 356 valence electrons. The van der Waals surface area contributed by atoms with Crippen LogP contribution in [-0.4, -0.2) is 105 Å². The Morgan fingerprint density at radius 1 is 0.621 bits per heavy atom. The van der Waals surface area contributed by atoms with E-state index in [0.717, 1.165) is 88.4 Å². The van der Waals surface area contributed by atoms with Gasteiger partial charge in [0.15, 0.2) is 5.82 Å². The van der Waals surface area contributed by atoms with Gasteiger partial charge in [0, 0.05) is 65.2 Å². The zero-order valence-corrected chi connectivity index (χ0v) is 43.4. The molecular weight excluding hydrogens is 865 g/mol. The van der Waals surface area contributed by atoms with Crippen LogP contribution in [0.15, 0.2) is 61.1 Å². The molecule has 0 saturated carbocycles. The van der Waals surface area contributed by atoms with E-state index in [1.165, 1.54) is 0 Å². The quantitative estimate of drug-likeness (QED) is 0.0736. The van der Waals surface area contributed by atoms with Gasteiger partial charge in [0.05, 0.1) is 41.4 Å². The number of hydrogen-bond acceptors (Lipinski definition) is 10. The Morgan fingerprint density at radius 2 is 1.08 bits per heavy atom. The van der Waals surface area contributed by atoms with Crippen LogP contribution < -0.4 is 0 Å². The molecule has 0 radical (unpaired) electrons. The highest BCUT2D eigenvalue weighted by Crippen LogP contribution is 2.38. The van der Waals surface area contributed by atoms with Crippen LogP contribution in [0, 0.1) is 0 Å². The van der Waals surface area contributed by atoms with Crippen molar-refractivity contribution in [2.24, 2.45) is 0 Å². The maximum absolute atomic E-state index is 13.4. The van der Waals surface area contributed by atoms with Crippen LogP contribution in [0.3, 0.4) is 0 Å². The average molecular weight is 937 g/mol. The summed E-state index contributed by atoms with van der Waals surface area (Å²) in [5.74, 6) is 2.22. The van der Waals surface area contributed by atoms with Crippen LogP contribution >= 0.6 is 0 Å². The molecule has 2 saturated heterocycles. The normalized spacial score (nSPS) is 17.3. The first kappa shape index (κ1) is 49.0. The van der Waals surface area contributed by atoms with E-state index in [-0.39, 0.29) is 24.3 Å². The summed E-state index contributed by atoms with van der Waals surface area (Å²) in [4.78, 5) is 50.1. The smallest absolute Gasteiger partial charge is 0.410 e. The fraction of sp³-hybridized carbons (Fsp3) is 0.560. The fourth-order valence-corrected chi connectivity index (χ4v) is 9.90. The molecule has 5 heterocycles. The lowest BCUT2D eigenvalue weighted by Gasteiger charge is -2.29. The van der Waals surface area contributed by atoms with E-state index < -0.39 is 27.3 Å². The summed E-state index contributed by atoms with van der Waals surface area (Å²) in [5.41, 5.74) is 4.29. The molecule has 2 aromatic carbocycles. The SMILES string of the molecule is CC(C)(C)OC(=O)N1CCC[C@H]1c1ncc(-c2ccc(-c3ncc4cc(-c5cnc([C@@H]6CCCN6C(=O)OC(C)(C)C)n5COCC[Si](C)(C)C)ccc4n3)cc2)n1COCC[Si](C)(C)C. The molecule has 0 bridgehead atoms. The maximum atomic E-state index is 13.4. The number of imidazole rings is 2. The van der Waals surface area contributed by atoms with E-state index in [1.54, 1.807) is 0 Å². The molecule has 2 aliphatic rings. The van der Waals surface area contributed by atoms with Crippen molar-refractivity contribution in [3.63, 3.8) is 0 Å². The molecule has 3 aromatic heterocycles. The van der Waals surface area contributed by atoms with E-state index in [4.69, 9.17) is 38.9 Å². The van der Waals surface area contributed by atoms with Crippen LogP contribution in [0.2, 0.25) is 51.4 Å².